The van der Waals surface area contributed by atoms with Gasteiger partial charge >= 0.3 is 0 Å². The van der Waals surface area contributed by atoms with E-state index in [-0.39, 0.29) is 10.8 Å². The fourth-order valence-electron chi connectivity index (χ4n) is 3.87. The third-order valence-corrected chi connectivity index (χ3v) is 5.43. The monoisotopic (exact) mass is 346 g/mol. The molecule has 0 bridgehead atoms. The van der Waals surface area contributed by atoms with E-state index in [9.17, 15) is 10.2 Å². The van der Waals surface area contributed by atoms with Gasteiger partial charge in [-0.15, -0.1) is 0 Å². The van der Waals surface area contributed by atoms with Crippen LogP contribution in [0.3, 0.4) is 0 Å². The van der Waals surface area contributed by atoms with E-state index in [1.807, 2.05) is 48.5 Å². The van der Waals surface area contributed by atoms with Gasteiger partial charge in [0.05, 0.1) is 0 Å². The smallest absolute Gasteiger partial charge is 0.119 e. The molecule has 0 fully saturated rings. The Kier molecular flexibility index (Phi) is 4.53. The van der Waals surface area contributed by atoms with Crippen LogP contribution in [0, 0.1) is 0 Å². The summed E-state index contributed by atoms with van der Waals surface area (Å²) < 4.78 is 0. The first-order valence-electron chi connectivity index (χ1n) is 8.93. The van der Waals surface area contributed by atoms with Crippen LogP contribution in [0.1, 0.15) is 49.9 Å². The van der Waals surface area contributed by atoms with Crippen LogP contribution in [0.25, 0.3) is 0 Å². The molecule has 0 aliphatic rings. The lowest BCUT2D eigenvalue weighted by atomic mass is 9.68. The van der Waals surface area contributed by atoms with Crippen LogP contribution in [0.5, 0.6) is 11.5 Å². The van der Waals surface area contributed by atoms with E-state index < -0.39 is 0 Å². The minimum Gasteiger partial charge on any atom is -0.508 e. The van der Waals surface area contributed by atoms with E-state index in [2.05, 4.69) is 39.8 Å². The Bertz CT molecular complexity index is 846. The van der Waals surface area contributed by atoms with Crippen molar-refractivity contribution in [1.29, 1.82) is 0 Å². The van der Waals surface area contributed by atoms with E-state index in [1.165, 1.54) is 0 Å². The number of rotatable bonds is 4. The van der Waals surface area contributed by atoms with Crippen molar-refractivity contribution in [1.82, 2.24) is 0 Å². The first-order chi connectivity index (χ1) is 12.3. The van der Waals surface area contributed by atoms with Crippen LogP contribution in [0.4, 0.5) is 0 Å². The first kappa shape index (κ1) is 18.1. The van der Waals surface area contributed by atoms with Gasteiger partial charge in [-0.1, -0.05) is 88.4 Å². The van der Waals surface area contributed by atoms with Crippen LogP contribution in [-0.2, 0) is 10.8 Å². The molecule has 0 aromatic heterocycles. The zero-order valence-electron chi connectivity index (χ0n) is 15.8. The Hall–Kier alpha value is -2.74. The average Bonchev–Trinajstić information content (AvgIpc) is 2.62. The molecule has 0 aliphatic heterocycles. The maximum absolute atomic E-state index is 10.4. The lowest BCUT2D eigenvalue weighted by Gasteiger charge is -2.35. The molecule has 26 heavy (non-hydrogen) atoms. The topological polar surface area (TPSA) is 40.5 Å². The number of benzene rings is 3. The lowest BCUT2D eigenvalue weighted by molar-refractivity contribution is 0.444. The predicted octanol–water partition coefficient (Wildman–Crippen LogP) is 5.75. The first-order valence-corrected chi connectivity index (χ1v) is 8.93. The van der Waals surface area contributed by atoms with Crippen LogP contribution < -0.4 is 0 Å². The molecule has 0 saturated carbocycles. The molecule has 3 aromatic carbocycles. The minimum absolute atomic E-state index is 0.299. The van der Waals surface area contributed by atoms with Gasteiger partial charge in [0, 0.05) is 22.0 Å². The highest BCUT2D eigenvalue weighted by molar-refractivity contribution is 5.53. The van der Waals surface area contributed by atoms with Gasteiger partial charge in [-0.25, -0.2) is 0 Å². The van der Waals surface area contributed by atoms with Gasteiger partial charge in [0.25, 0.3) is 0 Å². The van der Waals surface area contributed by atoms with Crippen molar-refractivity contribution in [2.75, 3.05) is 0 Å². The Morgan fingerprint density at radius 3 is 1.04 bits per heavy atom. The second-order valence-corrected chi connectivity index (χ2v) is 7.83. The number of aromatic hydroxyl groups is 2. The second-order valence-electron chi connectivity index (χ2n) is 7.83. The molecular weight excluding hydrogens is 320 g/mol. The minimum atomic E-state index is -0.385. The molecular formula is C24H26O2. The fourth-order valence-corrected chi connectivity index (χ4v) is 3.87. The lowest BCUT2D eigenvalue weighted by Crippen LogP contribution is -2.28. The van der Waals surface area contributed by atoms with E-state index in [4.69, 9.17) is 0 Å². The summed E-state index contributed by atoms with van der Waals surface area (Å²) in [5.41, 5.74) is 3.28. The normalized spacial score (nSPS) is 12.2. The molecule has 2 heteroatoms. The SMILES string of the molecule is CC(C)(c1ccccc1O)c1ccccc1C(C)(C)c1ccccc1O. The van der Waals surface area contributed by atoms with Crippen molar-refractivity contribution < 1.29 is 10.2 Å². The number of hydrogen-bond acceptors (Lipinski definition) is 2. The van der Waals surface area contributed by atoms with Crippen molar-refractivity contribution in [3.8, 4) is 11.5 Å². The van der Waals surface area contributed by atoms with Crippen molar-refractivity contribution in [3.63, 3.8) is 0 Å². The van der Waals surface area contributed by atoms with E-state index in [1.54, 1.807) is 12.1 Å². The molecule has 0 radical (unpaired) electrons. The van der Waals surface area contributed by atoms with E-state index >= 15 is 0 Å². The largest absolute Gasteiger partial charge is 0.508 e. The zero-order chi connectivity index (χ0) is 18.9. The summed E-state index contributed by atoms with van der Waals surface area (Å²) in [6, 6.07) is 23.3. The highest BCUT2D eigenvalue weighted by Gasteiger charge is 2.34. The molecule has 134 valence electrons. The van der Waals surface area contributed by atoms with Crippen molar-refractivity contribution in [3.05, 3.63) is 95.1 Å². The molecule has 0 amide bonds. The average molecular weight is 346 g/mol. The summed E-state index contributed by atoms with van der Waals surface area (Å²) in [5, 5.41) is 20.8. The number of hydrogen-bond donors (Lipinski definition) is 2. The summed E-state index contributed by atoms with van der Waals surface area (Å²) in [4.78, 5) is 0. The van der Waals surface area contributed by atoms with E-state index in [0.717, 1.165) is 22.3 Å². The van der Waals surface area contributed by atoms with Crippen molar-refractivity contribution >= 4 is 0 Å². The zero-order valence-corrected chi connectivity index (χ0v) is 15.8. The Morgan fingerprint density at radius 2 is 0.731 bits per heavy atom. The number of phenols is 2. The van der Waals surface area contributed by atoms with Crippen LogP contribution in [0.2, 0.25) is 0 Å². The van der Waals surface area contributed by atoms with Crippen molar-refractivity contribution in [2.45, 2.75) is 38.5 Å². The van der Waals surface area contributed by atoms with Crippen LogP contribution in [-0.4, -0.2) is 10.2 Å². The van der Waals surface area contributed by atoms with Gasteiger partial charge < -0.3 is 10.2 Å². The number of para-hydroxylation sites is 2. The molecule has 0 saturated heterocycles. The molecule has 3 aromatic rings. The van der Waals surface area contributed by atoms with Gasteiger partial charge in [-0.05, 0) is 23.3 Å². The fraction of sp³-hybridized carbons (Fsp3) is 0.250. The van der Waals surface area contributed by atoms with Crippen LogP contribution in [0.15, 0.2) is 72.8 Å². The highest BCUT2D eigenvalue weighted by Crippen LogP contribution is 2.44. The molecule has 0 heterocycles. The summed E-state index contributed by atoms with van der Waals surface area (Å²) >= 11 is 0. The van der Waals surface area contributed by atoms with Crippen LogP contribution >= 0.6 is 0 Å². The molecule has 0 atom stereocenters. The molecule has 0 unspecified atom stereocenters. The second kappa shape index (κ2) is 6.53. The Labute approximate surface area is 155 Å². The van der Waals surface area contributed by atoms with Gasteiger partial charge in [0.15, 0.2) is 0 Å². The number of phenolic OH excluding ortho intramolecular Hbond substituents is 2. The molecule has 0 aliphatic carbocycles. The van der Waals surface area contributed by atoms with E-state index in [0.29, 0.717) is 11.5 Å². The molecule has 3 rings (SSSR count). The standard InChI is InChI=1S/C24H26O2/c1-23(2,19-13-7-9-15-21(19)25)17-11-5-6-12-18(17)24(3,4)20-14-8-10-16-22(20)26/h5-16,25-26H,1-4H3. The Morgan fingerprint density at radius 1 is 0.462 bits per heavy atom. The third kappa shape index (κ3) is 2.96. The maximum atomic E-state index is 10.4. The van der Waals surface area contributed by atoms with Gasteiger partial charge in [0.2, 0.25) is 0 Å². The summed E-state index contributed by atoms with van der Waals surface area (Å²) in [5.74, 6) is 0.598. The van der Waals surface area contributed by atoms with Crippen molar-refractivity contribution in [2.24, 2.45) is 0 Å². The highest BCUT2D eigenvalue weighted by atomic mass is 16.3. The molecule has 2 N–H and O–H groups in total. The molecule has 0 spiro atoms. The maximum Gasteiger partial charge on any atom is 0.119 e. The van der Waals surface area contributed by atoms with Gasteiger partial charge in [-0.3, -0.25) is 0 Å². The summed E-state index contributed by atoms with van der Waals surface area (Å²) in [6.07, 6.45) is 0. The quantitative estimate of drug-likeness (QED) is 0.631. The summed E-state index contributed by atoms with van der Waals surface area (Å²) in [6.45, 7) is 8.51. The predicted molar refractivity (Wildman–Crippen MR) is 107 cm³/mol. The van der Waals surface area contributed by atoms with Gasteiger partial charge in [0.1, 0.15) is 11.5 Å². The Balaban J connectivity index is 2.21. The third-order valence-electron chi connectivity index (χ3n) is 5.43. The van der Waals surface area contributed by atoms with Gasteiger partial charge in [-0.2, -0.15) is 0 Å². The molecule has 2 nitrogen and oxygen atoms in total. The summed E-state index contributed by atoms with van der Waals surface area (Å²) in [7, 11) is 0.